The Morgan fingerprint density at radius 2 is 1.11 bits per heavy atom. The van der Waals surface area contributed by atoms with E-state index >= 15 is 0 Å². The summed E-state index contributed by atoms with van der Waals surface area (Å²) in [4.78, 5) is 10.8. The van der Waals surface area contributed by atoms with Gasteiger partial charge in [-0.3, -0.25) is 4.57 Å². The molecule has 3 aromatic heterocycles. The molecule has 0 aliphatic heterocycles. The Balaban J connectivity index is 1.33. The van der Waals surface area contributed by atoms with E-state index in [0.29, 0.717) is 0 Å². The third-order valence-corrected chi connectivity index (χ3v) is 10.8. The molecule has 0 radical (unpaired) electrons. The summed E-state index contributed by atoms with van der Waals surface area (Å²) in [6.45, 7) is 0. The highest BCUT2D eigenvalue weighted by atomic mass is 32.1. The number of thiophene rings is 1. The third kappa shape index (κ3) is 3.16. The first-order valence-electron chi connectivity index (χ1n) is 15.6. The van der Waals surface area contributed by atoms with E-state index in [0.717, 1.165) is 39.1 Å². The van der Waals surface area contributed by atoms with Crippen molar-refractivity contribution in [3.05, 3.63) is 140 Å². The Labute approximate surface area is 266 Å². The van der Waals surface area contributed by atoms with Crippen LogP contribution >= 0.6 is 11.3 Å². The van der Waals surface area contributed by atoms with E-state index in [4.69, 9.17) is 9.97 Å². The average molecular weight is 602 g/mol. The molecule has 0 spiro atoms. The lowest BCUT2D eigenvalue weighted by Crippen LogP contribution is -2.03. The molecule has 0 saturated heterocycles. The monoisotopic (exact) mass is 601 g/mol. The molecule has 212 valence electrons. The van der Waals surface area contributed by atoms with Gasteiger partial charge in [-0.25, -0.2) is 9.97 Å². The topological polar surface area (TPSA) is 30.7 Å². The van der Waals surface area contributed by atoms with E-state index in [2.05, 4.69) is 132 Å². The van der Waals surface area contributed by atoms with Crippen molar-refractivity contribution in [2.24, 2.45) is 0 Å². The minimum Gasteiger partial charge on any atom is -0.292 e. The van der Waals surface area contributed by atoms with Gasteiger partial charge in [0.1, 0.15) is 5.69 Å². The highest BCUT2D eigenvalue weighted by Crippen LogP contribution is 2.47. The molecule has 0 atom stereocenters. The lowest BCUT2D eigenvalue weighted by molar-refractivity contribution is 1.08. The third-order valence-electron chi connectivity index (χ3n) is 9.71. The van der Waals surface area contributed by atoms with Crippen molar-refractivity contribution < 1.29 is 0 Å². The van der Waals surface area contributed by atoms with Gasteiger partial charge in [-0.2, -0.15) is 0 Å². The molecule has 11 aromatic rings. The summed E-state index contributed by atoms with van der Waals surface area (Å²) in [6.07, 6.45) is 0. The van der Waals surface area contributed by atoms with Gasteiger partial charge in [-0.15, -0.1) is 11.3 Å². The van der Waals surface area contributed by atoms with Crippen molar-refractivity contribution in [1.29, 1.82) is 0 Å². The molecule has 0 N–H and O–H groups in total. The van der Waals surface area contributed by atoms with Crippen LogP contribution in [0, 0.1) is 0 Å². The first-order valence-corrected chi connectivity index (χ1v) is 16.4. The van der Waals surface area contributed by atoms with Gasteiger partial charge in [0.15, 0.2) is 5.82 Å². The minimum atomic E-state index is 0.850. The number of hydrogen-bond donors (Lipinski definition) is 0. The first-order chi connectivity index (χ1) is 22.8. The summed E-state index contributed by atoms with van der Waals surface area (Å²) in [5.41, 5.74) is 6.02. The van der Waals surface area contributed by atoms with Crippen LogP contribution in [0.5, 0.6) is 0 Å². The van der Waals surface area contributed by atoms with Crippen LogP contribution in [0.1, 0.15) is 0 Å². The molecule has 4 heteroatoms. The molecular formula is C42H23N3S. The number of fused-ring (bicyclic) bond motifs is 9. The standard InChI is InChI=1S/C42H23N3S/c1-2-11-26-24(10-1)22-35-40-38(26)30-14-4-3-12-27(30)31-15-9-18-34(39(31)40)45(35)42-41(43-32-16-6-7-17-33(32)44-42)25-20-21-29-28-13-5-8-19-36(28)46-37(29)23-25/h1-23H. The van der Waals surface area contributed by atoms with Crippen LogP contribution in [-0.4, -0.2) is 14.5 Å². The van der Waals surface area contributed by atoms with E-state index in [-0.39, 0.29) is 0 Å². The maximum Gasteiger partial charge on any atom is 0.165 e. The zero-order valence-electron chi connectivity index (χ0n) is 24.5. The second kappa shape index (κ2) is 8.87. The molecular weight excluding hydrogens is 579 g/mol. The molecule has 3 heterocycles. The van der Waals surface area contributed by atoms with Crippen LogP contribution < -0.4 is 0 Å². The summed E-state index contributed by atoms with van der Waals surface area (Å²) >= 11 is 1.83. The first kappa shape index (κ1) is 24.5. The van der Waals surface area contributed by atoms with Gasteiger partial charge >= 0.3 is 0 Å². The second-order valence-electron chi connectivity index (χ2n) is 12.1. The average Bonchev–Trinajstić information content (AvgIpc) is 3.65. The van der Waals surface area contributed by atoms with Crippen LogP contribution in [0.3, 0.4) is 0 Å². The molecule has 0 aliphatic rings. The van der Waals surface area contributed by atoms with Gasteiger partial charge in [-0.05, 0) is 63.3 Å². The van der Waals surface area contributed by atoms with Crippen LogP contribution in [0.15, 0.2) is 140 Å². The fourth-order valence-electron chi connectivity index (χ4n) is 7.76. The molecule has 0 amide bonds. The summed E-state index contributed by atoms with van der Waals surface area (Å²) in [5, 5.41) is 12.7. The van der Waals surface area contributed by atoms with Crippen molar-refractivity contribution in [2.45, 2.75) is 0 Å². The number of aromatic nitrogens is 3. The number of para-hydroxylation sites is 2. The maximum atomic E-state index is 5.43. The second-order valence-corrected chi connectivity index (χ2v) is 13.2. The zero-order valence-corrected chi connectivity index (χ0v) is 25.3. The molecule has 8 aromatic carbocycles. The molecule has 0 saturated carbocycles. The fourth-order valence-corrected chi connectivity index (χ4v) is 8.91. The number of nitrogens with zero attached hydrogens (tertiary/aromatic N) is 3. The number of hydrogen-bond acceptors (Lipinski definition) is 3. The van der Waals surface area contributed by atoms with Crippen LogP contribution in [0.4, 0.5) is 0 Å². The van der Waals surface area contributed by atoms with Gasteiger partial charge < -0.3 is 0 Å². The Morgan fingerprint density at radius 1 is 0.435 bits per heavy atom. The molecule has 0 aliphatic carbocycles. The largest absolute Gasteiger partial charge is 0.292 e. The summed E-state index contributed by atoms with van der Waals surface area (Å²) in [5.74, 6) is 0.850. The van der Waals surface area contributed by atoms with E-state index < -0.39 is 0 Å². The van der Waals surface area contributed by atoms with Crippen molar-refractivity contribution in [2.75, 3.05) is 0 Å². The molecule has 0 bridgehead atoms. The highest BCUT2D eigenvalue weighted by Gasteiger charge is 2.24. The Kier molecular flexibility index (Phi) is 4.72. The Bertz CT molecular complexity index is 3030. The normalized spacial score (nSPS) is 12.3. The van der Waals surface area contributed by atoms with Crippen LogP contribution in [0.25, 0.3) is 102 Å². The molecule has 0 unspecified atom stereocenters. The van der Waals surface area contributed by atoms with Gasteiger partial charge in [0.2, 0.25) is 0 Å². The lowest BCUT2D eigenvalue weighted by atomic mass is 9.91. The van der Waals surface area contributed by atoms with Gasteiger partial charge in [-0.1, -0.05) is 103 Å². The van der Waals surface area contributed by atoms with Crippen molar-refractivity contribution >= 4 is 96.7 Å². The van der Waals surface area contributed by atoms with Gasteiger partial charge in [0, 0.05) is 41.9 Å². The maximum absolute atomic E-state index is 5.43. The van der Waals surface area contributed by atoms with Crippen LogP contribution in [0.2, 0.25) is 0 Å². The smallest absolute Gasteiger partial charge is 0.165 e. The molecule has 0 fully saturated rings. The van der Waals surface area contributed by atoms with Crippen molar-refractivity contribution in [3.63, 3.8) is 0 Å². The van der Waals surface area contributed by atoms with E-state index in [1.165, 1.54) is 63.3 Å². The van der Waals surface area contributed by atoms with E-state index in [9.17, 15) is 0 Å². The predicted molar refractivity (Wildman–Crippen MR) is 196 cm³/mol. The quantitative estimate of drug-likeness (QED) is 0.185. The zero-order chi connectivity index (χ0) is 29.9. The molecule has 11 rings (SSSR count). The highest BCUT2D eigenvalue weighted by molar-refractivity contribution is 7.25. The number of benzene rings is 8. The SMILES string of the molecule is c1ccc2c(c1)cc1c3c2c2ccccc2c2cccc(c23)n1-c1nc2ccccc2nc1-c1ccc2c(c1)sc1ccccc12. The van der Waals surface area contributed by atoms with Gasteiger partial charge in [0.05, 0.1) is 22.1 Å². The Hall–Kier alpha value is -5.84. The molecule has 46 heavy (non-hydrogen) atoms. The number of rotatable bonds is 2. The lowest BCUT2D eigenvalue weighted by Gasteiger charge is -2.14. The summed E-state index contributed by atoms with van der Waals surface area (Å²) in [6, 6.07) is 50.3. The van der Waals surface area contributed by atoms with Crippen molar-refractivity contribution in [1.82, 2.24) is 14.5 Å². The minimum absolute atomic E-state index is 0.850. The van der Waals surface area contributed by atoms with E-state index in [1.807, 2.05) is 23.5 Å². The van der Waals surface area contributed by atoms with Crippen molar-refractivity contribution in [3.8, 4) is 17.1 Å². The Morgan fingerprint density at radius 3 is 2.00 bits per heavy atom. The van der Waals surface area contributed by atoms with E-state index in [1.54, 1.807) is 0 Å². The summed E-state index contributed by atoms with van der Waals surface area (Å²) < 4.78 is 4.93. The fraction of sp³-hybridized carbons (Fsp3) is 0. The molecule has 3 nitrogen and oxygen atoms in total. The van der Waals surface area contributed by atoms with Crippen LogP contribution in [-0.2, 0) is 0 Å². The summed E-state index contributed by atoms with van der Waals surface area (Å²) in [7, 11) is 0. The van der Waals surface area contributed by atoms with Gasteiger partial charge in [0.25, 0.3) is 0 Å². The predicted octanol–water partition coefficient (Wildman–Crippen LogP) is 11.7.